The standard InChI is InChI=1S/C12H15FN2O6/c1-2-3-9(17)21-11-7(16)4-8(20-11)15-5-6(13)10(18)14-12(15)19/h5,7-8,11,16H,2-4H2,1H3,(H,14,18,19). The summed E-state index contributed by atoms with van der Waals surface area (Å²) in [6.45, 7) is 1.79. The van der Waals surface area contributed by atoms with Crippen LogP contribution in [0.4, 0.5) is 4.39 Å². The summed E-state index contributed by atoms with van der Waals surface area (Å²) in [5, 5.41) is 9.77. The molecule has 8 nitrogen and oxygen atoms in total. The first-order valence-electron chi connectivity index (χ1n) is 6.46. The van der Waals surface area contributed by atoms with Crippen LogP contribution in [0.15, 0.2) is 15.8 Å². The van der Waals surface area contributed by atoms with Gasteiger partial charge < -0.3 is 14.6 Å². The molecule has 0 bridgehead atoms. The highest BCUT2D eigenvalue weighted by molar-refractivity contribution is 5.69. The Morgan fingerprint density at radius 2 is 2.33 bits per heavy atom. The third kappa shape index (κ3) is 3.37. The molecule has 9 heteroatoms. The van der Waals surface area contributed by atoms with Crippen LogP contribution >= 0.6 is 0 Å². The number of esters is 1. The van der Waals surface area contributed by atoms with Gasteiger partial charge >= 0.3 is 11.7 Å². The van der Waals surface area contributed by atoms with E-state index in [0.29, 0.717) is 12.6 Å². The predicted molar refractivity (Wildman–Crippen MR) is 66.8 cm³/mol. The average Bonchev–Trinajstić information content (AvgIpc) is 2.75. The fraction of sp³-hybridized carbons (Fsp3) is 0.583. The van der Waals surface area contributed by atoms with Crippen LogP contribution in [0.1, 0.15) is 32.4 Å². The van der Waals surface area contributed by atoms with Crippen molar-refractivity contribution in [3.8, 4) is 0 Å². The molecule has 0 spiro atoms. The van der Waals surface area contributed by atoms with Gasteiger partial charge in [0.2, 0.25) is 12.1 Å². The highest BCUT2D eigenvalue weighted by Crippen LogP contribution is 2.28. The Morgan fingerprint density at radius 3 is 3.00 bits per heavy atom. The summed E-state index contributed by atoms with van der Waals surface area (Å²) >= 11 is 0. The monoisotopic (exact) mass is 302 g/mol. The van der Waals surface area contributed by atoms with E-state index in [1.54, 1.807) is 11.9 Å². The van der Waals surface area contributed by atoms with Crippen LogP contribution in [0.5, 0.6) is 0 Å². The number of H-pyrrole nitrogens is 1. The first-order valence-corrected chi connectivity index (χ1v) is 6.46. The second kappa shape index (κ2) is 6.19. The molecule has 2 rings (SSSR count). The number of aromatic nitrogens is 2. The van der Waals surface area contributed by atoms with Crippen molar-refractivity contribution in [2.24, 2.45) is 0 Å². The molecule has 1 aromatic heterocycles. The van der Waals surface area contributed by atoms with Gasteiger partial charge in [0, 0.05) is 12.8 Å². The quantitative estimate of drug-likeness (QED) is 0.734. The summed E-state index contributed by atoms with van der Waals surface area (Å²) in [6.07, 6.45) is -2.03. The van der Waals surface area contributed by atoms with E-state index in [0.717, 1.165) is 4.57 Å². The lowest BCUT2D eigenvalue weighted by molar-refractivity contribution is -0.193. The van der Waals surface area contributed by atoms with E-state index in [1.807, 2.05) is 0 Å². The second-order valence-electron chi connectivity index (χ2n) is 4.65. The van der Waals surface area contributed by atoms with Crippen molar-refractivity contribution >= 4 is 5.97 Å². The van der Waals surface area contributed by atoms with Crippen LogP contribution in [0.25, 0.3) is 0 Å². The lowest BCUT2D eigenvalue weighted by atomic mass is 10.2. The molecule has 2 N–H and O–H groups in total. The highest BCUT2D eigenvalue weighted by Gasteiger charge is 2.38. The van der Waals surface area contributed by atoms with Gasteiger partial charge in [-0.15, -0.1) is 0 Å². The summed E-state index contributed by atoms with van der Waals surface area (Å²) in [5.74, 6) is -1.69. The van der Waals surface area contributed by atoms with Gasteiger partial charge in [0.05, 0.1) is 6.20 Å². The minimum absolute atomic E-state index is 0.0739. The van der Waals surface area contributed by atoms with Crippen molar-refractivity contribution in [2.45, 2.75) is 44.8 Å². The van der Waals surface area contributed by atoms with Crippen LogP contribution < -0.4 is 11.2 Å². The Balaban J connectivity index is 2.14. The van der Waals surface area contributed by atoms with Crippen LogP contribution in [0.2, 0.25) is 0 Å². The maximum absolute atomic E-state index is 13.2. The normalized spacial score (nSPS) is 25.0. The summed E-state index contributed by atoms with van der Waals surface area (Å²) in [6, 6.07) is 0. The smallest absolute Gasteiger partial charge is 0.330 e. The molecule has 0 radical (unpaired) electrons. The third-order valence-electron chi connectivity index (χ3n) is 2.98. The molecular formula is C12H15FN2O6. The number of nitrogens with one attached hydrogen (secondary N) is 1. The first-order chi connectivity index (χ1) is 9.92. The Labute approximate surface area is 118 Å². The maximum atomic E-state index is 13.2. The van der Waals surface area contributed by atoms with Gasteiger partial charge in [0.1, 0.15) is 12.3 Å². The molecule has 3 unspecified atom stereocenters. The minimum atomic E-state index is -1.23. The zero-order valence-electron chi connectivity index (χ0n) is 11.2. The van der Waals surface area contributed by atoms with Gasteiger partial charge in [-0.05, 0) is 6.42 Å². The number of aromatic amines is 1. The number of halogens is 1. The topological polar surface area (TPSA) is 111 Å². The molecule has 2 heterocycles. The van der Waals surface area contributed by atoms with Gasteiger partial charge in [-0.1, -0.05) is 6.92 Å². The number of ether oxygens (including phenoxy) is 2. The molecule has 1 aliphatic rings. The zero-order valence-corrected chi connectivity index (χ0v) is 11.2. The van der Waals surface area contributed by atoms with Crippen molar-refractivity contribution in [3.05, 3.63) is 32.9 Å². The Kier molecular flexibility index (Phi) is 4.53. The Morgan fingerprint density at radius 1 is 1.62 bits per heavy atom. The van der Waals surface area contributed by atoms with Gasteiger partial charge in [-0.3, -0.25) is 19.1 Å². The van der Waals surface area contributed by atoms with E-state index < -0.39 is 41.7 Å². The fourth-order valence-electron chi connectivity index (χ4n) is 1.97. The van der Waals surface area contributed by atoms with Crippen molar-refractivity contribution in [2.75, 3.05) is 0 Å². The molecule has 1 aromatic rings. The van der Waals surface area contributed by atoms with Crippen molar-refractivity contribution in [1.82, 2.24) is 9.55 Å². The lowest BCUT2D eigenvalue weighted by Crippen LogP contribution is -2.34. The van der Waals surface area contributed by atoms with Crippen LogP contribution in [0, 0.1) is 5.82 Å². The number of carbonyl (C=O) groups is 1. The van der Waals surface area contributed by atoms with Gasteiger partial charge in [0.15, 0.2) is 0 Å². The number of hydrogen-bond donors (Lipinski definition) is 2. The molecule has 1 aliphatic heterocycles. The molecule has 1 saturated heterocycles. The van der Waals surface area contributed by atoms with Crippen LogP contribution in [-0.2, 0) is 14.3 Å². The predicted octanol–water partition coefficient (Wildman–Crippen LogP) is -0.375. The average molecular weight is 302 g/mol. The molecule has 0 amide bonds. The SMILES string of the molecule is CCCC(=O)OC1OC(n2cc(F)c(=O)[nH]c2=O)CC1O. The number of aliphatic hydroxyl groups is 1. The minimum Gasteiger partial charge on any atom is -0.433 e. The van der Waals surface area contributed by atoms with Crippen molar-refractivity contribution in [1.29, 1.82) is 0 Å². The molecule has 0 aromatic carbocycles. The lowest BCUT2D eigenvalue weighted by Gasteiger charge is -2.16. The van der Waals surface area contributed by atoms with Crippen molar-refractivity contribution in [3.63, 3.8) is 0 Å². The number of aliphatic hydroxyl groups excluding tert-OH is 1. The van der Waals surface area contributed by atoms with Gasteiger partial charge in [-0.2, -0.15) is 4.39 Å². The summed E-state index contributed by atoms with van der Waals surface area (Å²) in [5.41, 5.74) is -2.01. The van der Waals surface area contributed by atoms with Crippen molar-refractivity contribution < 1.29 is 23.8 Å². The summed E-state index contributed by atoms with van der Waals surface area (Å²) in [7, 11) is 0. The summed E-state index contributed by atoms with van der Waals surface area (Å²) in [4.78, 5) is 35.7. The molecule has 0 aliphatic carbocycles. The van der Waals surface area contributed by atoms with E-state index >= 15 is 0 Å². The van der Waals surface area contributed by atoms with E-state index in [-0.39, 0.29) is 12.8 Å². The summed E-state index contributed by atoms with van der Waals surface area (Å²) < 4.78 is 24.2. The molecule has 21 heavy (non-hydrogen) atoms. The largest absolute Gasteiger partial charge is 0.433 e. The Hall–Kier alpha value is -2.00. The number of hydrogen-bond acceptors (Lipinski definition) is 6. The van der Waals surface area contributed by atoms with Crippen LogP contribution in [0.3, 0.4) is 0 Å². The van der Waals surface area contributed by atoms with E-state index in [4.69, 9.17) is 9.47 Å². The van der Waals surface area contributed by atoms with Gasteiger partial charge in [-0.25, -0.2) is 4.79 Å². The number of rotatable bonds is 4. The van der Waals surface area contributed by atoms with E-state index in [9.17, 15) is 23.9 Å². The van der Waals surface area contributed by atoms with Crippen LogP contribution in [-0.4, -0.2) is 33.0 Å². The second-order valence-corrected chi connectivity index (χ2v) is 4.65. The highest BCUT2D eigenvalue weighted by atomic mass is 19.1. The molecular weight excluding hydrogens is 287 g/mol. The molecule has 1 fully saturated rings. The zero-order chi connectivity index (χ0) is 15.6. The Bertz CT molecular complexity index is 639. The molecule has 0 saturated carbocycles. The maximum Gasteiger partial charge on any atom is 0.330 e. The van der Waals surface area contributed by atoms with E-state index in [1.165, 1.54) is 0 Å². The number of nitrogens with zero attached hydrogens (tertiary/aromatic N) is 1. The fourth-order valence-corrected chi connectivity index (χ4v) is 1.97. The number of carbonyl (C=O) groups excluding carboxylic acids is 1. The van der Waals surface area contributed by atoms with Gasteiger partial charge in [0.25, 0.3) is 5.56 Å². The third-order valence-corrected chi connectivity index (χ3v) is 2.98. The van der Waals surface area contributed by atoms with E-state index in [2.05, 4.69) is 0 Å². The first kappa shape index (κ1) is 15.4. The molecule has 116 valence electrons. The molecule has 3 atom stereocenters.